The van der Waals surface area contributed by atoms with Crippen molar-refractivity contribution >= 4 is 29.3 Å². The van der Waals surface area contributed by atoms with E-state index in [0.717, 1.165) is 29.7 Å². The average molecular weight is 457 g/mol. The van der Waals surface area contributed by atoms with Crippen LogP contribution in [-0.2, 0) is 19.9 Å². The number of ether oxygens (including phenoxy) is 1. The van der Waals surface area contributed by atoms with Crippen LogP contribution in [-0.4, -0.2) is 47.7 Å². The number of benzene rings is 1. The third-order valence-corrected chi connectivity index (χ3v) is 5.43. The van der Waals surface area contributed by atoms with Gasteiger partial charge in [0, 0.05) is 29.2 Å². The van der Waals surface area contributed by atoms with E-state index in [2.05, 4.69) is 4.74 Å². The van der Waals surface area contributed by atoms with Crippen LogP contribution in [0.25, 0.3) is 0 Å². The van der Waals surface area contributed by atoms with Gasteiger partial charge in [-0.1, -0.05) is 18.2 Å². The van der Waals surface area contributed by atoms with Crippen molar-refractivity contribution < 1.29 is 45.8 Å². The summed E-state index contributed by atoms with van der Waals surface area (Å²) in [5.74, 6) is -1.42. The molecule has 1 N–H and O–H groups in total. The number of aliphatic hydroxyl groups is 1. The topological polar surface area (TPSA) is 66.8 Å². The third kappa shape index (κ3) is 4.59. The van der Waals surface area contributed by atoms with Crippen LogP contribution in [0.15, 0.2) is 35.2 Å². The van der Waals surface area contributed by atoms with Crippen molar-refractivity contribution in [1.82, 2.24) is 0 Å². The van der Waals surface area contributed by atoms with Gasteiger partial charge < -0.3 is 14.7 Å². The normalized spacial score (nSPS) is 17.8. The number of nitrogens with zero attached hydrogens (tertiary/aromatic N) is 1. The first kappa shape index (κ1) is 24.1. The largest absolute Gasteiger partial charge is 0.456 e. The van der Waals surface area contributed by atoms with Crippen LogP contribution in [0.3, 0.4) is 0 Å². The lowest BCUT2D eigenvalue weighted by molar-refractivity contribution is -0.376. The summed E-state index contributed by atoms with van der Waals surface area (Å²) in [4.78, 5) is 24.4. The van der Waals surface area contributed by atoms with Gasteiger partial charge in [-0.15, -0.1) is 11.8 Å². The maximum absolute atomic E-state index is 13.2. The molecule has 1 aliphatic rings. The molecule has 0 saturated carbocycles. The van der Waals surface area contributed by atoms with Crippen molar-refractivity contribution in [2.24, 2.45) is 0 Å². The fraction of sp³-hybridized carbons (Fsp3) is 0.444. The zero-order chi connectivity index (χ0) is 22.9. The van der Waals surface area contributed by atoms with Crippen molar-refractivity contribution in [3.8, 4) is 0 Å². The zero-order valence-electron chi connectivity index (χ0n) is 15.7. The van der Waals surface area contributed by atoms with E-state index in [1.165, 1.54) is 0 Å². The van der Waals surface area contributed by atoms with Gasteiger partial charge in [-0.05, 0) is 19.1 Å². The Morgan fingerprint density at radius 2 is 1.83 bits per heavy atom. The number of esters is 1. The molecule has 1 aromatic carbocycles. The summed E-state index contributed by atoms with van der Waals surface area (Å²) in [6.45, 7) is 2.16. The number of allylic oxidation sites excluding steroid dienone is 1. The Labute approximate surface area is 171 Å². The van der Waals surface area contributed by atoms with Gasteiger partial charge in [-0.25, -0.2) is 0 Å². The predicted octanol–water partition coefficient (Wildman–Crippen LogP) is 3.95. The van der Waals surface area contributed by atoms with Crippen LogP contribution in [0.4, 0.5) is 32.0 Å². The molecule has 2 rings (SSSR count). The molecule has 0 radical (unpaired) electrons. The number of thioether (sulfide) groups is 1. The van der Waals surface area contributed by atoms with Gasteiger partial charge in [0.25, 0.3) is 11.5 Å². The van der Waals surface area contributed by atoms with E-state index in [1.54, 1.807) is 19.1 Å². The van der Waals surface area contributed by atoms with Crippen molar-refractivity contribution in [2.45, 2.75) is 41.9 Å². The van der Waals surface area contributed by atoms with Gasteiger partial charge in [0.15, 0.2) is 6.61 Å². The second-order valence-corrected chi connectivity index (χ2v) is 7.64. The molecule has 1 unspecified atom stereocenters. The molecular weight excluding hydrogens is 440 g/mol. The van der Waals surface area contributed by atoms with E-state index in [-0.39, 0.29) is 17.1 Å². The first-order chi connectivity index (χ1) is 13.7. The summed E-state index contributed by atoms with van der Waals surface area (Å²) < 4.78 is 83.8. The number of anilines is 1. The third-order valence-electron chi connectivity index (χ3n) is 4.24. The standard InChI is InChI=1S/C18H17F6NO4S/c1-3-4-12-8-25(15(27)9-29-10(2)26)13-6-5-11(7-14(13)30-12)16(28,17(19,20)21)18(22,23)24/h3-7,12,28H,8-9H2,1-2H3/b4-3+. The molecule has 12 heteroatoms. The van der Waals surface area contributed by atoms with Crippen molar-refractivity contribution in [1.29, 1.82) is 0 Å². The van der Waals surface area contributed by atoms with E-state index < -0.39 is 47.3 Å². The molecule has 5 nitrogen and oxygen atoms in total. The molecule has 0 aromatic heterocycles. The predicted molar refractivity (Wildman–Crippen MR) is 95.9 cm³/mol. The minimum Gasteiger partial charge on any atom is -0.456 e. The van der Waals surface area contributed by atoms with E-state index in [9.17, 15) is 41.0 Å². The second kappa shape index (κ2) is 8.50. The molecule has 0 spiro atoms. The summed E-state index contributed by atoms with van der Waals surface area (Å²) in [5.41, 5.74) is -6.44. The Morgan fingerprint density at radius 1 is 1.23 bits per heavy atom. The van der Waals surface area contributed by atoms with Crippen molar-refractivity contribution in [3.63, 3.8) is 0 Å². The van der Waals surface area contributed by atoms with Crippen LogP contribution < -0.4 is 4.90 Å². The molecule has 0 aliphatic carbocycles. The fourth-order valence-corrected chi connectivity index (χ4v) is 4.09. The van der Waals surface area contributed by atoms with Gasteiger partial charge in [-0.3, -0.25) is 9.59 Å². The fourth-order valence-electron chi connectivity index (χ4n) is 2.82. The number of halogens is 6. The molecule has 30 heavy (non-hydrogen) atoms. The molecule has 1 aliphatic heterocycles. The highest BCUT2D eigenvalue weighted by atomic mass is 32.2. The minimum atomic E-state index is -6.02. The van der Waals surface area contributed by atoms with E-state index in [4.69, 9.17) is 0 Å². The lowest BCUT2D eigenvalue weighted by Crippen LogP contribution is -2.54. The van der Waals surface area contributed by atoms with E-state index in [0.29, 0.717) is 12.1 Å². The van der Waals surface area contributed by atoms with Crippen LogP contribution >= 0.6 is 11.8 Å². The molecule has 0 saturated heterocycles. The molecular formula is C18H17F6NO4S. The average Bonchev–Trinajstić information content (AvgIpc) is 2.62. The van der Waals surface area contributed by atoms with Gasteiger partial charge in [0.1, 0.15) is 0 Å². The van der Waals surface area contributed by atoms with Gasteiger partial charge >= 0.3 is 18.3 Å². The summed E-state index contributed by atoms with van der Waals surface area (Å²) in [6.07, 6.45) is -8.81. The molecule has 166 valence electrons. The number of alkyl halides is 6. The second-order valence-electron chi connectivity index (χ2n) is 6.36. The maximum atomic E-state index is 13.2. The SMILES string of the molecule is C/C=C/C1CN(C(=O)COC(C)=O)c2ccc(C(O)(C(F)(F)F)C(F)(F)F)cc2S1. The van der Waals surface area contributed by atoms with Gasteiger partial charge in [-0.2, -0.15) is 26.3 Å². The van der Waals surface area contributed by atoms with Crippen molar-refractivity contribution in [3.05, 3.63) is 35.9 Å². The highest BCUT2D eigenvalue weighted by Crippen LogP contribution is 2.52. The number of fused-ring (bicyclic) bond motifs is 1. The van der Waals surface area contributed by atoms with Crippen LogP contribution in [0, 0.1) is 0 Å². The summed E-state index contributed by atoms with van der Waals surface area (Å²) in [7, 11) is 0. The molecule has 1 atom stereocenters. The summed E-state index contributed by atoms with van der Waals surface area (Å²) in [6, 6.07) is 1.95. The smallest absolute Gasteiger partial charge is 0.430 e. The number of carbonyl (C=O) groups is 2. The van der Waals surface area contributed by atoms with Gasteiger partial charge in [0.2, 0.25) is 0 Å². The first-order valence-electron chi connectivity index (χ1n) is 8.46. The quantitative estimate of drug-likeness (QED) is 0.422. The number of hydrogen-bond donors (Lipinski definition) is 1. The number of carbonyl (C=O) groups excluding carboxylic acids is 2. The Balaban J connectivity index is 2.55. The van der Waals surface area contributed by atoms with Crippen molar-refractivity contribution in [2.75, 3.05) is 18.1 Å². The molecule has 1 heterocycles. The molecule has 1 aromatic rings. The van der Waals surface area contributed by atoms with E-state index >= 15 is 0 Å². The molecule has 0 bridgehead atoms. The first-order valence-corrected chi connectivity index (χ1v) is 9.34. The van der Waals surface area contributed by atoms with E-state index in [1.807, 2.05) is 0 Å². The lowest BCUT2D eigenvalue weighted by atomic mass is 9.92. The zero-order valence-corrected chi connectivity index (χ0v) is 16.5. The minimum absolute atomic E-state index is 0.0494. The highest BCUT2D eigenvalue weighted by Gasteiger charge is 2.71. The van der Waals surface area contributed by atoms with Gasteiger partial charge in [0.05, 0.1) is 5.69 Å². The highest BCUT2D eigenvalue weighted by molar-refractivity contribution is 8.00. The summed E-state index contributed by atoms with van der Waals surface area (Å²) in [5, 5.41) is 9.15. The van der Waals surface area contributed by atoms with Crippen LogP contribution in [0.2, 0.25) is 0 Å². The Morgan fingerprint density at radius 3 is 2.33 bits per heavy atom. The van der Waals surface area contributed by atoms with Crippen LogP contribution in [0.1, 0.15) is 19.4 Å². The number of amides is 1. The number of hydrogen-bond acceptors (Lipinski definition) is 5. The monoisotopic (exact) mass is 457 g/mol. The number of rotatable bonds is 4. The Hall–Kier alpha value is -2.21. The molecule has 0 fully saturated rings. The maximum Gasteiger partial charge on any atom is 0.430 e. The molecule has 1 amide bonds. The summed E-state index contributed by atoms with van der Waals surface area (Å²) >= 11 is 0.944. The Kier molecular flexibility index (Phi) is 6.82. The van der Waals surface area contributed by atoms with Crippen LogP contribution in [0.5, 0.6) is 0 Å². The lowest BCUT2D eigenvalue weighted by Gasteiger charge is -2.36. The Bertz CT molecular complexity index is 838.